The summed E-state index contributed by atoms with van der Waals surface area (Å²) >= 11 is 0. The van der Waals surface area contributed by atoms with Crippen LogP contribution >= 0.6 is 0 Å². The fourth-order valence-electron chi connectivity index (χ4n) is 2.15. The number of nitrogen functional groups attached to an aromatic ring is 1. The largest absolute Gasteiger partial charge is 0.399 e. The Labute approximate surface area is 121 Å². The van der Waals surface area contributed by atoms with Gasteiger partial charge in [0.2, 0.25) is 0 Å². The number of nitrogens with zero attached hydrogens (tertiary/aromatic N) is 1. The zero-order chi connectivity index (χ0) is 14.8. The van der Waals surface area contributed by atoms with Crippen molar-refractivity contribution < 1.29 is 4.79 Å². The highest BCUT2D eigenvalue weighted by Crippen LogP contribution is 2.20. The van der Waals surface area contributed by atoms with E-state index in [9.17, 15) is 4.79 Å². The molecule has 0 aliphatic carbocycles. The molecule has 3 rings (SSSR count). The molecular weight excluding hydrogens is 264 g/mol. The standard InChI is InChI=1S/C16H12N4O/c17-9-10-3-1-2-4-13(10)20-16(21)15-8-11-7-12(18)5-6-14(11)19-15/h1-8,19H,18H2,(H,20,21). The van der Waals surface area contributed by atoms with Gasteiger partial charge in [-0.15, -0.1) is 0 Å². The molecule has 21 heavy (non-hydrogen) atoms. The highest BCUT2D eigenvalue weighted by Gasteiger charge is 2.11. The van der Waals surface area contributed by atoms with Gasteiger partial charge in [-0.1, -0.05) is 12.1 Å². The number of anilines is 2. The Bertz CT molecular complexity index is 873. The van der Waals surface area contributed by atoms with Crippen LogP contribution in [0.2, 0.25) is 0 Å². The molecule has 0 saturated heterocycles. The molecule has 1 amide bonds. The van der Waals surface area contributed by atoms with Gasteiger partial charge in [0.15, 0.2) is 0 Å². The Balaban J connectivity index is 1.92. The lowest BCUT2D eigenvalue weighted by molar-refractivity contribution is 0.102. The van der Waals surface area contributed by atoms with Crippen LogP contribution in [-0.2, 0) is 0 Å². The van der Waals surface area contributed by atoms with Crippen molar-refractivity contribution in [2.24, 2.45) is 0 Å². The van der Waals surface area contributed by atoms with Crippen LogP contribution in [0.4, 0.5) is 11.4 Å². The Hall–Kier alpha value is -3.26. The highest BCUT2D eigenvalue weighted by atomic mass is 16.1. The lowest BCUT2D eigenvalue weighted by Gasteiger charge is -2.05. The smallest absolute Gasteiger partial charge is 0.272 e. The molecule has 0 atom stereocenters. The van der Waals surface area contributed by atoms with Gasteiger partial charge in [-0.2, -0.15) is 5.26 Å². The van der Waals surface area contributed by atoms with Gasteiger partial charge in [0.05, 0.1) is 11.3 Å². The number of aromatic amines is 1. The number of carbonyl (C=O) groups excluding carboxylic acids is 1. The molecule has 0 radical (unpaired) electrons. The number of H-pyrrole nitrogens is 1. The molecule has 0 bridgehead atoms. The van der Waals surface area contributed by atoms with Crippen LogP contribution in [-0.4, -0.2) is 10.9 Å². The topological polar surface area (TPSA) is 94.7 Å². The highest BCUT2D eigenvalue weighted by molar-refractivity contribution is 6.06. The maximum Gasteiger partial charge on any atom is 0.272 e. The van der Waals surface area contributed by atoms with Crippen LogP contribution in [0.15, 0.2) is 48.5 Å². The number of carbonyl (C=O) groups is 1. The number of hydrogen-bond acceptors (Lipinski definition) is 3. The second-order valence-electron chi connectivity index (χ2n) is 4.64. The molecule has 4 N–H and O–H groups in total. The summed E-state index contributed by atoms with van der Waals surface area (Å²) in [4.78, 5) is 15.3. The Morgan fingerprint density at radius 2 is 2.00 bits per heavy atom. The third-order valence-electron chi connectivity index (χ3n) is 3.19. The zero-order valence-electron chi connectivity index (χ0n) is 11.1. The summed E-state index contributed by atoms with van der Waals surface area (Å²) in [6.45, 7) is 0. The molecule has 0 spiro atoms. The van der Waals surface area contributed by atoms with E-state index in [-0.39, 0.29) is 5.91 Å². The normalized spacial score (nSPS) is 10.2. The minimum Gasteiger partial charge on any atom is -0.399 e. The molecule has 3 aromatic rings. The van der Waals surface area contributed by atoms with Crippen molar-refractivity contribution in [3.05, 3.63) is 59.8 Å². The van der Waals surface area contributed by atoms with Gasteiger partial charge < -0.3 is 16.0 Å². The van der Waals surface area contributed by atoms with Crippen molar-refractivity contribution in [3.63, 3.8) is 0 Å². The van der Waals surface area contributed by atoms with E-state index in [0.717, 1.165) is 10.9 Å². The number of nitriles is 1. The first-order valence-corrected chi connectivity index (χ1v) is 6.36. The van der Waals surface area contributed by atoms with Gasteiger partial charge in [0, 0.05) is 16.6 Å². The molecule has 5 heteroatoms. The number of rotatable bonds is 2. The van der Waals surface area contributed by atoms with Crippen molar-refractivity contribution in [1.82, 2.24) is 4.98 Å². The minimum absolute atomic E-state index is 0.299. The molecule has 0 aliphatic rings. The van der Waals surface area contributed by atoms with Gasteiger partial charge in [0.25, 0.3) is 5.91 Å². The summed E-state index contributed by atoms with van der Waals surface area (Å²) < 4.78 is 0. The summed E-state index contributed by atoms with van der Waals surface area (Å²) in [5.41, 5.74) is 8.53. The van der Waals surface area contributed by atoms with E-state index in [2.05, 4.69) is 10.3 Å². The number of amides is 1. The van der Waals surface area contributed by atoms with Crippen LogP contribution in [0, 0.1) is 11.3 Å². The maximum atomic E-state index is 12.3. The van der Waals surface area contributed by atoms with Crippen LogP contribution in [0.5, 0.6) is 0 Å². The second-order valence-corrected chi connectivity index (χ2v) is 4.64. The summed E-state index contributed by atoms with van der Waals surface area (Å²) in [6.07, 6.45) is 0. The Morgan fingerprint density at radius 3 is 2.81 bits per heavy atom. The molecule has 0 unspecified atom stereocenters. The van der Waals surface area contributed by atoms with E-state index in [1.807, 2.05) is 12.1 Å². The molecular formula is C16H12N4O. The van der Waals surface area contributed by atoms with Gasteiger partial charge in [-0.05, 0) is 36.4 Å². The predicted molar refractivity (Wildman–Crippen MR) is 81.8 cm³/mol. The molecule has 1 heterocycles. The summed E-state index contributed by atoms with van der Waals surface area (Å²) in [5.74, 6) is -0.299. The van der Waals surface area contributed by atoms with E-state index in [1.54, 1.807) is 42.5 Å². The number of nitrogens with two attached hydrogens (primary N) is 1. The number of hydrogen-bond donors (Lipinski definition) is 3. The molecule has 0 aliphatic heterocycles. The Morgan fingerprint density at radius 1 is 1.19 bits per heavy atom. The monoisotopic (exact) mass is 276 g/mol. The number of fused-ring (bicyclic) bond motifs is 1. The van der Waals surface area contributed by atoms with Gasteiger partial charge in [0.1, 0.15) is 11.8 Å². The van der Waals surface area contributed by atoms with Gasteiger partial charge >= 0.3 is 0 Å². The maximum absolute atomic E-state index is 12.3. The third-order valence-corrected chi connectivity index (χ3v) is 3.19. The number of nitrogens with one attached hydrogen (secondary N) is 2. The first-order chi connectivity index (χ1) is 10.2. The average Bonchev–Trinajstić information content (AvgIpc) is 2.91. The van der Waals surface area contributed by atoms with Crippen LogP contribution in [0.3, 0.4) is 0 Å². The van der Waals surface area contributed by atoms with Gasteiger partial charge in [-0.3, -0.25) is 4.79 Å². The van der Waals surface area contributed by atoms with Crippen molar-refractivity contribution in [1.29, 1.82) is 5.26 Å². The number of aromatic nitrogens is 1. The zero-order valence-corrected chi connectivity index (χ0v) is 11.1. The average molecular weight is 276 g/mol. The quantitative estimate of drug-likeness (QED) is 0.628. The second kappa shape index (κ2) is 5.02. The molecule has 0 fully saturated rings. The van der Waals surface area contributed by atoms with E-state index >= 15 is 0 Å². The number of para-hydroxylation sites is 1. The number of benzene rings is 2. The van der Waals surface area contributed by atoms with Crippen molar-refractivity contribution in [3.8, 4) is 6.07 Å². The first kappa shape index (κ1) is 12.8. The fourth-order valence-corrected chi connectivity index (χ4v) is 2.15. The summed E-state index contributed by atoms with van der Waals surface area (Å²) in [5, 5.41) is 12.6. The van der Waals surface area contributed by atoms with Crippen molar-refractivity contribution >= 4 is 28.2 Å². The van der Waals surface area contributed by atoms with E-state index in [0.29, 0.717) is 22.6 Å². The third kappa shape index (κ3) is 2.42. The minimum atomic E-state index is -0.299. The molecule has 0 saturated carbocycles. The summed E-state index contributed by atoms with van der Waals surface area (Å²) in [7, 11) is 0. The Kier molecular flexibility index (Phi) is 3.05. The molecule has 5 nitrogen and oxygen atoms in total. The lowest BCUT2D eigenvalue weighted by atomic mass is 10.2. The van der Waals surface area contributed by atoms with Crippen LogP contribution in [0.25, 0.3) is 10.9 Å². The SMILES string of the molecule is N#Cc1ccccc1NC(=O)c1cc2cc(N)ccc2[nH]1. The fraction of sp³-hybridized carbons (Fsp3) is 0. The molecule has 2 aromatic carbocycles. The molecule has 1 aromatic heterocycles. The van der Waals surface area contributed by atoms with E-state index < -0.39 is 0 Å². The van der Waals surface area contributed by atoms with Crippen molar-refractivity contribution in [2.45, 2.75) is 0 Å². The van der Waals surface area contributed by atoms with E-state index in [1.165, 1.54) is 0 Å². The van der Waals surface area contributed by atoms with Crippen LogP contribution < -0.4 is 11.1 Å². The predicted octanol–water partition coefficient (Wildman–Crippen LogP) is 2.87. The first-order valence-electron chi connectivity index (χ1n) is 6.36. The lowest BCUT2D eigenvalue weighted by Crippen LogP contribution is -2.13. The summed E-state index contributed by atoms with van der Waals surface area (Å²) in [6, 6.07) is 16.0. The van der Waals surface area contributed by atoms with Crippen molar-refractivity contribution in [2.75, 3.05) is 11.1 Å². The van der Waals surface area contributed by atoms with Crippen LogP contribution in [0.1, 0.15) is 16.1 Å². The molecule has 102 valence electrons. The van der Waals surface area contributed by atoms with E-state index in [4.69, 9.17) is 11.0 Å². The van der Waals surface area contributed by atoms with Gasteiger partial charge in [-0.25, -0.2) is 0 Å².